The Balaban J connectivity index is 2.16. The van der Waals surface area contributed by atoms with Gasteiger partial charge in [0.1, 0.15) is 0 Å². The minimum absolute atomic E-state index is 0.343. The van der Waals surface area contributed by atoms with Crippen LogP contribution in [0.2, 0.25) is 0 Å². The molecule has 1 aromatic rings. The molecular formula is C8H13N3. The smallest absolute Gasteiger partial charge is 0.0490 e. The first-order valence-electron chi connectivity index (χ1n) is 4.13. The van der Waals surface area contributed by atoms with Gasteiger partial charge in [-0.2, -0.15) is 5.10 Å². The summed E-state index contributed by atoms with van der Waals surface area (Å²) in [5.74, 6) is 0.525. The van der Waals surface area contributed by atoms with Crippen LogP contribution in [0.5, 0.6) is 0 Å². The van der Waals surface area contributed by atoms with E-state index in [9.17, 15) is 0 Å². The first-order valence-corrected chi connectivity index (χ1v) is 4.13. The maximum absolute atomic E-state index is 5.92. The third-order valence-electron chi connectivity index (χ3n) is 2.49. The minimum Gasteiger partial charge on any atom is -0.327 e. The van der Waals surface area contributed by atoms with Gasteiger partial charge >= 0.3 is 0 Å². The van der Waals surface area contributed by atoms with Crippen LogP contribution in [0.15, 0.2) is 12.3 Å². The largest absolute Gasteiger partial charge is 0.327 e. The third kappa shape index (κ3) is 1.16. The number of nitrogens with zero attached hydrogens (tertiary/aromatic N) is 1. The monoisotopic (exact) mass is 151 g/mol. The molecule has 1 aliphatic rings. The molecule has 0 aliphatic heterocycles. The van der Waals surface area contributed by atoms with Crippen molar-refractivity contribution in [3.8, 4) is 0 Å². The van der Waals surface area contributed by atoms with Crippen LogP contribution in [0.4, 0.5) is 0 Å². The van der Waals surface area contributed by atoms with Crippen LogP contribution in [0.3, 0.4) is 0 Å². The molecule has 2 atom stereocenters. The Kier molecular flexibility index (Phi) is 1.66. The molecule has 3 N–H and O–H groups in total. The van der Waals surface area contributed by atoms with Gasteiger partial charge in [0.15, 0.2) is 0 Å². The Hall–Kier alpha value is -0.830. The number of nitrogens with two attached hydrogens (primary N) is 1. The Morgan fingerprint density at radius 1 is 1.55 bits per heavy atom. The lowest BCUT2D eigenvalue weighted by Gasteiger charge is -2.11. The van der Waals surface area contributed by atoms with Gasteiger partial charge in [0.25, 0.3) is 0 Å². The Morgan fingerprint density at radius 2 is 2.45 bits per heavy atom. The highest BCUT2D eigenvalue weighted by atomic mass is 15.1. The fourth-order valence-electron chi connectivity index (χ4n) is 1.85. The molecule has 1 aromatic heterocycles. The number of H-pyrrole nitrogens is 1. The van der Waals surface area contributed by atoms with Gasteiger partial charge in [-0.3, -0.25) is 5.10 Å². The second kappa shape index (κ2) is 2.66. The van der Waals surface area contributed by atoms with E-state index in [4.69, 9.17) is 5.73 Å². The van der Waals surface area contributed by atoms with Crippen LogP contribution in [0.25, 0.3) is 0 Å². The van der Waals surface area contributed by atoms with E-state index in [-0.39, 0.29) is 0 Å². The molecule has 1 fully saturated rings. The molecule has 0 saturated heterocycles. The number of nitrogens with one attached hydrogen (secondary N) is 1. The van der Waals surface area contributed by atoms with Gasteiger partial charge in [0, 0.05) is 23.9 Å². The predicted octanol–water partition coefficient (Wildman–Crippen LogP) is 1.00. The molecule has 3 nitrogen and oxygen atoms in total. The van der Waals surface area contributed by atoms with Crippen molar-refractivity contribution in [3.05, 3.63) is 18.0 Å². The van der Waals surface area contributed by atoms with Gasteiger partial charge in [-0.1, -0.05) is 6.42 Å². The zero-order valence-corrected chi connectivity index (χ0v) is 6.46. The fraction of sp³-hybridized carbons (Fsp3) is 0.625. The summed E-state index contributed by atoms with van der Waals surface area (Å²) in [5.41, 5.74) is 7.13. The minimum atomic E-state index is 0.343. The van der Waals surface area contributed by atoms with Crippen LogP contribution >= 0.6 is 0 Å². The normalized spacial score (nSPS) is 31.0. The van der Waals surface area contributed by atoms with E-state index < -0.39 is 0 Å². The molecule has 0 radical (unpaired) electrons. The summed E-state index contributed by atoms with van der Waals surface area (Å²) >= 11 is 0. The van der Waals surface area contributed by atoms with Crippen LogP contribution in [0.1, 0.15) is 30.9 Å². The first kappa shape index (κ1) is 6.85. The van der Waals surface area contributed by atoms with Crippen molar-refractivity contribution in [3.63, 3.8) is 0 Å². The summed E-state index contributed by atoms with van der Waals surface area (Å²) < 4.78 is 0. The fourth-order valence-corrected chi connectivity index (χ4v) is 1.85. The molecule has 0 spiro atoms. The maximum atomic E-state index is 5.92. The topological polar surface area (TPSA) is 54.7 Å². The third-order valence-corrected chi connectivity index (χ3v) is 2.49. The van der Waals surface area contributed by atoms with Crippen molar-refractivity contribution >= 4 is 0 Å². The summed E-state index contributed by atoms with van der Waals surface area (Å²) in [6.07, 6.45) is 5.41. The number of aromatic nitrogens is 2. The average Bonchev–Trinajstić information content (AvgIpc) is 2.55. The number of hydrogen-bond donors (Lipinski definition) is 2. The molecule has 0 amide bonds. The number of hydrogen-bond acceptors (Lipinski definition) is 2. The van der Waals surface area contributed by atoms with Crippen LogP contribution in [0, 0.1) is 0 Å². The van der Waals surface area contributed by atoms with E-state index in [1.165, 1.54) is 18.5 Å². The summed E-state index contributed by atoms with van der Waals surface area (Å²) in [6.45, 7) is 0. The van der Waals surface area contributed by atoms with Crippen molar-refractivity contribution in [2.24, 2.45) is 5.73 Å². The highest BCUT2D eigenvalue weighted by Gasteiger charge is 2.25. The Labute approximate surface area is 66.0 Å². The SMILES string of the molecule is NC1CCCC1c1ccn[nH]1. The highest BCUT2D eigenvalue weighted by molar-refractivity contribution is 5.10. The maximum Gasteiger partial charge on any atom is 0.0490 e. The van der Waals surface area contributed by atoms with Gasteiger partial charge in [-0.25, -0.2) is 0 Å². The molecule has 3 heteroatoms. The number of rotatable bonds is 1. The summed E-state index contributed by atoms with van der Waals surface area (Å²) in [4.78, 5) is 0. The summed E-state index contributed by atoms with van der Waals surface area (Å²) in [6, 6.07) is 2.37. The van der Waals surface area contributed by atoms with E-state index in [0.29, 0.717) is 12.0 Å². The number of aromatic amines is 1. The Bertz CT molecular complexity index is 217. The van der Waals surface area contributed by atoms with Crippen molar-refractivity contribution in [1.82, 2.24) is 10.2 Å². The average molecular weight is 151 g/mol. The zero-order valence-electron chi connectivity index (χ0n) is 6.46. The quantitative estimate of drug-likeness (QED) is 0.629. The van der Waals surface area contributed by atoms with E-state index in [2.05, 4.69) is 10.2 Å². The van der Waals surface area contributed by atoms with Gasteiger partial charge in [-0.15, -0.1) is 0 Å². The van der Waals surface area contributed by atoms with E-state index in [1.54, 1.807) is 6.20 Å². The van der Waals surface area contributed by atoms with Crippen molar-refractivity contribution in [2.45, 2.75) is 31.2 Å². The van der Waals surface area contributed by atoms with Gasteiger partial charge in [0.2, 0.25) is 0 Å². The van der Waals surface area contributed by atoms with Gasteiger partial charge in [-0.05, 0) is 18.9 Å². The van der Waals surface area contributed by atoms with Crippen LogP contribution in [-0.4, -0.2) is 16.2 Å². The molecule has 1 aliphatic carbocycles. The Morgan fingerprint density at radius 3 is 3.00 bits per heavy atom. The molecule has 1 saturated carbocycles. The van der Waals surface area contributed by atoms with Crippen molar-refractivity contribution in [1.29, 1.82) is 0 Å². The molecule has 0 bridgehead atoms. The lowest BCUT2D eigenvalue weighted by molar-refractivity contribution is 0.596. The second-order valence-electron chi connectivity index (χ2n) is 3.21. The molecule has 1 heterocycles. The van der Waals surface area contributed by atoms with Crippen molar-refractivity contribution < 1.29 is 0 Å². The standard InChI is InChI=1S/C8H13N3/c9-7-3-1-2-6(7)8-4-5-10-11-8/h4-7H,1-3,9H2,(H,10,11). The second-order valence-corrected chi connectivity index (χ2v) is 3.21. The van der Waals surface area contributed by atoms with E-state index >= 15 is 0 Å². The van der Waals surface area contributed by atoms with Crippen LogP contribution in [-0.2, 0) is 0 Å². The van der Waals surface area contributed by atoms with E-state index in [0.717, 1.165) is 6.42 Å². The summed E-state index contributed by atoms with van der Waals surface area (Å²) in [5, 5.41) is 6.90. The molecule has 11 heavy (non-hydrogen) atoms. The molecule has 60 valence electrons. The molecule has 2 rings (SSSR count). The first-order chi connectivity index (χ1) is 5.38. The molecule has 2 unspecified atom stereocenters. The highest BCUT2D eigenvalue weighted by Crippen LogP contribution is 2.31. The van der Waals surface area contributed by atoms with E-state index in [1.807, 2.05) is 6.07 Å². The van der Waals surface area contributed by atoms with Gasteiger partial charge < -0.3 is 5.73 Å². The molecule has 0 aromatic carbocycles. The lowest BCUT2D eigenvalue weighted by atomic mass is 10.0. The summed E-state index contributed by atoms with van der Waals surface area (Å²) in [7, 11) is 0. The van der Waals surface area contributed by atoms with Crippen molar-refractivity contribution in [2.75, 3.05) is 0 Å². The molecular weight excluding hydrogens is 138 g/mol. The lowest BCUT2D eigenvalue weighted by Crippen LogP contribution is -2.22. The van der Waals surface area contributed by atoms with Gasteiger partial charge in [0.05, 0.1) is 0 Å². The zero-order chi connectivity index (χ0) is 7.68. The predicted molar refractivity (Wildman–Crippen MR) is 43.2 cm³/mol. The van der Waals surface area contributed by atoms with Crippen LogP contribution < -0.4 is 5.73 Å².